The average Bonchev–Trinajstić information content (AvgIpc) is 2.59. The van der Waals surface area contributed by atoms with Gasteiger partial charge in [-0.1, -0.05) is 30.3 Å². The predicted octanol–water partition coefficient (Wildman–Crippen LogP) is 3.33. The van der Waals surface area contributed by atoms with Gasteiger partial charge in [0.1, 0.15) is 5.82 Å². The second-order valence-electron chi connectivity index (χ2n) is 6.37. The highest BCUT2D eigenvalue weighted by Crippen LogP contribution is 2.29. The molecule has 1 atom stereocenters. The van der Waals surface area contributed by atoms with E-state index in [0.717, 1.165) is 18.4 Å². The summed E-state index contributed by atoms with van der Waals surface area (Å²) in [6, 6.07) is 15.1. The van der Waals surface area contributed by atoms with E-state index in [2.05, 4.69) is 35.3 Å². The lowest BCUT2D eigenvalue weighted by Gasteiger charge is -2.36. The number of nitrogens with one attached hydrogen (secondary N) is 1. The molecule has 0 aromatic heterocycles. The third-order valence-corrected chi connectivity index (χ3v) is 4.63. The first-order chi connectivity index (χ1) is 11.6. The van der Waals surface area contributed by atoms with Crippen molar-refractivity contribution in [3.63, 3.8) is 0 Å². The molecule has 24 heavy (non-hydrogen) atoms. The molecule has 0 fully saturated rings. The van der Waals surface area contributed by atoms with Gasteiger partial charge >= 0.3 is 0 Å². The number of halogens is 1. The molecule has 1 heterocycles. The van der Waals surface area contributed by atoms with Gasteiger partial charge in [-0.15, -0.1) is 0 Å². The van der Waals surface area contributed by atoms with Crippen LogP contribution in [0.2, 0.25) is 0 Å². The van der Waals surface area contributed by atoms with Crippen LogP contribution >= 0.6 is 0 Å². The minimum Gasteiger partial charge on any atom is -0.359 e. The first-order valence-electron chi connectivity index (χ1n) is 8.49. The molecule has 1 aliphatic heterocycles. The lowest BCUT2D eigenvalue weighted by molar-refractivity contribution is -0.119. The maximum atomic E-state index is 12.9. The number of hydrogen-bond donors (Lipinski definition) is 1. The second kappa shape index (κ2) is 7.47. The van der Waals surface area contributed by atoms with E-state index < -0.39 is 0 Å². The van der Waals surface area contributed by atoms with Gasteiger partial charge in [0.2, 0.25) is 5.91 Å². The Hall–Kier alpha value is -2.36. The number of anilines is 1. The fourth-order valence-electron chi connectivity index (χ4n) is 3.21. The van der Waals surface area contributed by atoms with Gasteiger partial charge in [-0.3, -0.25) is 4.79 Å². The maximum Gasteiger partial charge on any atom is 0.239 e. The van der Waals surface area contributed by atoms with Gasteiger partial charge in [0.15, 0.2) is 0 Å². The number of fused-ring (bicyclic) bond motifs is 1. The third-order valence-electron chi connectivity index (χ3n) is 4.63. The predicted molar refractivity (Wildman–Crippen MR) is 94.7 cm³/mol. The Balaban J connectivity index is 1.54. The molecular formula is C20H23FN2O. The SMILES string of the molecule is CC1CCc2ccccc2N1CC(=O)NCCc1ccc(F)cc1. The van der Waals surface area contributed by atoms with Crippen molar-refractivity contribution >= 4 is 11.6 Å². The molecule has 3 rings (SSSR count). The first kappa shape index (κ1) is 16.5. The summed E-state index contributed by atoms with van der Waals surface area (Å²) in [6.07, 6.45) is 2.85. The van der Waals surface area contributed by atoms with E-state index in [0.29, 0.717) is 25.6 Å². The largest absolute Gasteiger partial charge is 0.359 e. The summed E-state index contributed by atoms with van der Waals surface area (Å²) < 4.78 is 12.9. The molecule has 2 aromatic carbocycles. The zero-order chi connectivity index (χ0) is 16.9. The summed E-state index contributed by atoms with van der Waals surface area (Å²) in [6.45, 7) is 3.11. The van der Waals surface area contributed by atoms with E-state index in [-0.39, 0.29) is 11.7 Å². The molecule has 2 aromatic rings. The number of benzene rings is 2. The zero-order valence-electron chi connectivity index (χ0n) is 14.0. The lowest BCUT2D eigenvalue weighted by atomic mass is 9.96. The molecule has 1 amide bonds. The molecule has 0 saturated heterocycles. The van der Waals surface area contributed by atoms with Crippen LogP contribution in [0.1, 0.15) is 24.5 Å². The number of hydrogen-bond acceptors (Lipinski definition) is 2. The van der Waals surface area contributed by atoms with Crippen LogP contribution in [0.5, 0.6) is 0 Å². The van der Waals surface area contributed by atoms with Crippen LogP contribution in [0.3, 0.4) is 0 Å². The van der Waals surface area contributed by atoms with Crippen LogP contribution < -0.4 is 10.2 Å². The van der Waals surface area contributed by atoms with Gasteiger partial charge in [-0.2, -0.15) is 0 Å². The Kier molecular flexibility index (Phi) is 5.14. The van der Waals surface area contributed by atoms with Crippen molar-refractivity contribution in [1.82, 2.24) is 5.32 Å². The van der Waals surface area contributed by atoms with Gasteiger partial charge in [0, 0.05) is 18.3 Å². The summed E-state index contributed by atoms with van der Waals surface area (Å²) in [5, 5.41) is 2.97. The summed E-state index contributed by atoms with van der Waals surface area (Å²) in [5.74, 6) is -0.207. The Morgan fingerprint density at radius 2 is 1.96 bits per heavy atom. The zero-order valence-corrected chi connectivity index (χ0v) is 14.0. The van der Waals surface area contributed by atoms with Gasteiger partial charge in [-0.25, -0.2) is 4.39 Å². The second-order valence-corrected chi connectivity index (χ2v) is 6.37. The fourth-order valence-corrected chi connectivity index (χ4v) is 3.21. The van der Waals surface area contributed by atoms with Crippen LogP contribution in [-0.2, 0) is 17.6 Å². The third kappa shape index (κ3) is 3.94. The smallest absolute Gasteiger partial charge is 0.239 e. The van der Waals surface area contributed by atoms with Gasteiger partial charge in [-0.05, 0) is 55.5 Å². The van der Waals surface area contributed by atoms with E-state index in [9.17, 15) is 9.18 Å². The Labute approximate surface area is 142 Å². The van der Waals surface area contributed by atoms with Gasteiger partial charge < -0.3 is 10.2 Å². The number of carbonyl (C=O) groups excluding carboxylic acids is 1. The highest BCUT2D eigenvalue weighted by atomic mass is 19.1. The molecule has 1 N–H and O–H groups in total. The van der Waals surface area contributed by atoms with Crippen LogP contribution in [0.25, 0.3) is 0 Å². The topological polar surface area (TPSA) is 32.3 Å². The minimum absolute atomic E-state index is 0.0284. The molecule has 0 spiro atoms. The molecule has 0 aliphatic carbocycles. The maximum absolute atomic E-state index is 12.9. The fraction of sp³-hybridized carbons (Fsp3) is 0.350. The summed E-state index contributed by atoms with van der Waals surface area (Å²) in [4.78, 5) is 14.5. The van der Waals surface area contributed by atoms with Crippen LogP contribution in [0.4, 0.5) is 10.1 Å². The number of carbonyl (C=O) groups is 1. The highest BCUT2D eigenvalue weighted by molar-refractivity contribution is 5.82. The normalized spacial score (nSPS) is 16.6. The monoisotopic (exact) mass is 326 g/mol. The number of nitrogens with zero attached hydrogens (tertiary/aromatic N) is 1. The van der Waals surface area contributed by atoms with Crippen LogP contribution in [-0.4, -0.2) is 25.0 Å². The number of amides is 1. The van der Waals surface area contributed by atoms with Crippen molar-refractivity contribution in [3.8, 4) is 0 Å². The number of para-hydroxylation sites is 1. The molecule has 0 saturated carbocycles. The molecule has 4 heteroatoms. The Morgan fingerprint density at radius 1 is 1.21 bits per heavy atom. The lowest BCUT2D eigenvalue weighted by Crippen LogP contribution is -2.44. The van der Waals surface area contributed by atoms with E-state index in [4.69, 9.17) is 0 Å². The van der Waals surface area contributed by atoms with Crippen molar-refractivity contribution in [3.05, 3.63) is 65.5 Å². The van der Waals surface area contributed by atoms with E-state index in [1.165, 1.54) is 23.4 Å². The summed E-state index contributed by atoms with van der Waals surface area (Å²) in [5.41, 5.74) is 3.51. The number of aryl methyl sites for hydroxylation is 1. The van der Waals surface area contributed by atoms with E-state index in [1.807, 2.05) is 6.07 Å². The van der Waals surface area contributed by atoms with Crippen LogP contribution in [0, 0.1) is 5.82 Å². The molecule has 1 unspecified atom stereocenters. The highest BCUT2D eigenvalue weighted by Gasteiger charge is 2.24. The molecule has 0 radical (unpaired) electrons. The summed E-state index contributed by atoms with van der Waals surface area (Å²) in [7, 11) is 0. The van der Waals surface area contributed by atoms with Crippen molar-refractivity contribution < 1.29 is 9.18 Å². The summed E-state index contributed by atoms with van der Waals surface area (Å²) >= 11 is 0. The van der Waals surface area contributed by atoms with Crippen molar-refractivity contribution in [2.24, 2.45) is 0 Å². The molecular weight excluding hydrogens is 303 g/mol. The van der Waals surface area contributed by atoms with Crippen molar-refractivity contribution in [2.75, 3.05) is 18.0 Å². The Morgan fingerprint density at radius 3 is 2.75 bits per heavy atom. The van der Waals surface area contributed by atoms with Crippen molar-refractivity contribution in [1.29, 1.82) is 0 Å². The van der Waals surface area contributed by atoms with Gasteiger partial charge in [0.25, 0.3) is 0 Å². The number of rotatable bonds is 5. The Bertz CT molecular complexity index is 699. The quantitative estimate of drug-likeness (QED) is 0.914. The molecule has 0 bridgehead atoms. The van der Waals surface area contributed by atoms with E-state index in [1.54, 1.807) is 12.1 Å². The standard InChI is InChI=1S/C20H23FN2O/c1-15-6-9-17-4-2-3-5-19(17)23(15)14-20(24)22-13-12-16-7-10-18(21)11-8-16/h2-5,7-8,10-11,15H,6,9,12-14H2,1H3,(H,22,24). The molecule has 126 valence electrons. The van der Waals surface area contributed by atoms with Crippen LogP contribution in [0.15, 0.2) is 48.5 Å². The van der Waals surface area contributed by atoms with Crippen molar-refractivity contribution in [2.45, 2.75) is 32.2 Å². The molecule has 1 aliphatic rings. The molecule has 3 nitrogen and oxygen atoms in total. The minimum atomic E-state index is -0.236. The average molecular weight is 326 g/mol. The van der Waals surface area contributed by atoms with E-state index >= 15 is 0 Å². The first-order valence-corrected chi connectivity index (χ1v) is 8.49. The van der Waals surface area contributed by atoms with Gasteiger partial charge in [0.05, 0.1) is 6.54 Å².